The van der Waals surface area contributed by atoms with Crippen LogP contribution in [0.5, 0.6) is 11.6 Å². The standard InChI is InChI=1S/C22H28ClF3N4O7S/c1-29(2)14-18(37-20-19(23)10-16(11-27-20)22(24,25)26)12-28-38(33,34)30(21(31)32)13-15-4-6-17(7-5-15)36-9-8-35-3/h4-7,10-11,18,28H,8-9,12-14H2,1-3H3,(H,31,32). The predicted molar refractivity (Wildman–Crippen MR) is 132 cm³/mol. The Labute approximate surface area is 223 Å². The van der Waals surface area contributed by atoms with Gasteiger partial charge in [-0.2, -0.15) is 30.6 Å². The van der Waals surface area contributed by atoms with Crippen molar-refractivity contribution in [1.29, 1.82) is 0 Å². The third-order valence-corrected chi connectivity index (χ3v) is 6.45. The van der Waals surface area contributed by atoms with Gasteiger partial charge in [0.25, 0.3) is 0 Å². The van der Waals surface area contributed by atoms with Gasteiger partial charge in [0.05, 0.1) is 25.3 Å². The van der Waals surface area contributed by atoms with Gasteiger partial charge in [-0.25, -0.2) is 9.78 Å². The molecule has 1 aromatic heterocycles. The van der Waals surface area contributed by atoms with Crippen LogP contribution < -0.4 is 14.2 Å². The number of methoxy groups -OCH3 is 1. The highest BCUT2D eigenvalue weighted by Gasteiger charge is 2.32. The summed E-state index contributed by atoms with van der Waals surface area (Å²) in [5.41, 5.74) is -0.704. The average Bonchev–Trinajstić information content (AvgIpc) is 2.82. The summed E-state index contributed by atoms with van der Waals surface area (Å²) in [6, 6.07) is 6.80. The minimum absolute atomic E-state index is 0.0964. The van der Waals surface area contributed by atoms with Crippen molar-refractivity contribution in [2.75, 3.05) is 47.5 Å². The molecule has 0 aliphatic rings. The largest absolute Gasteiger partial charge is 0.491 e. The van der Waals surface area contributed by atoms with Crippen molar-refractivity contribution >= 4 is 27.9 Å². The summed E-state index contributed by atoms with van der Waals surface area (Å²) < 4.78 is 82.6. The normalized spacial score (nSPS) is 12.8. The van der Waals surface area contributed by atoms with Gasteiger partial charge in [-0.1, -0.05) is 23.7 Å². The number of carbonyl (C=O) groups is 1. The fraction of sp³-hybridized carbons (Fsp3) is 0.455. The summed E-state index contributed by atoms with van der Waals surface area (Å²) in [5.74, 6) is 0.154. The molecule has 0 saturated heterocycles. The number of aromatic nitrogens is 1. The van der Waals surface area contributed by atoms with Crippen LogP contribution in [-0.4, -0.2) is 87.4 Å². The molecule has 11 nitrogen and oxygen atoms in total. The molecule has 1 unspecified atom stereocenters. The number of nitrogens with zero attached hydrogens (tertiary/aromatic N) is 3. The van der Waals surface area contributed by atoms with Crippen LogP contribution in [0.25, 0.3) is 0 Å². The maximum atomic E-state index is 12.9. The number of hydrogen-bond acceptors (Lipinski definition) is 8. The Morgan fingerprint density at radius 1 is 1.21 bits per heavy atom. The molecule has 0 aliphatic heterocycles. The van der Waals surface area contributed by atoms with Crippen LogP contribution in [0.2, 0.25) is 5.02 Å². The first kappa shape index (κ1) is 31.4. The molecule has 0 aliphatic carbocycles. The third kappa shape index (κ3) is 9.79. The zero-order valence-corrected chi connectivity index (χ0v) is 22.3. The van der Waals surface area contributed by atoms with Crippen LogP contribution in [0.15, 0.2) is 36.5 Å². The van der Waals surface area contributed by atoms with E-state index in [2.05, 4.69) is 9.71 Å². The molecule has 1 amide bonds. The van der Waals surface area contributed by atoms with Gasteiger partial charge in [0, 0.05) is 19.9 Å². The molecule has 38 heavy (non-hydrogen) atoms. The van der Waals surface area contributed by atoms with Gasteiger partial charge >= 0.3 is 22.5 Å². The fourth-order valence-electron chi connectivity index (χ4n) is 3.01. The summed E-state index contributed by atoms with van der Waals surface area (Å²) >= 11 is 5.89. The van der Waals surface area contributed by atoms with E-state index >= 15 is 0 Å². The summed E-state index contributed by atoms with van der Waals surface area (Å²) in [6.45, 7) is -0.153. The first-order valence-corrected chi connectivity index (χ1v) is 12.8. The molecule has 2 rings (SSSR count). The average molecular weight is 585 g/mol. The highest BCUT2D eigenvalue weighted by Crippen LogP contribution is 2.33. The van der Waals surface area contributed by atoms with E-state index < -0.39 is 52.3 Å². The maximum absolute atomic E-state index is 12.9. The summed E-state index contributed by atoms with van der Waals surface area (Å²) in [6.07, 6.45) is -6.83. The predicted octanol–water partition coefficient (Wildman–Crippen LogP) is 3.10. The molecule has 0 saturated carbocycles. The van der Waals surface area contributed by atoms with Gasteiger partial charge in [-0.15, -0.1) is 0 Å². The van der Waals surface area contributed by atoms with Crippen LogP contribution in [0.1, 0.15) is 11.1 Å². The van der Waals surface area contributed by atoms with E-state index in [4.69, 9.17) is 25.8 Å². The second-order valence-electron chi connectivity index (χ2n) is 8.14. The summed E-state index contributed by atoms with van der Waals surface area (Å²) in [7, 11) is 0.257. The number of rotatable bonds is 14. The van der Waals surface area contributed by atoms with E-state index in [1.165, 1.54) is 19.2 Å². The topological polar surface area (TPSA) is 131 Å². The zero-order chi connectivity index (χ0) is 28.5. The molecule has 0 radical (unpaired) electrons. The SMILES string of the molecule is COCCOc1ccc(CN(C(=O)O)S(=O)(=O)NCC(CN(C)C)Oc2ncc(C(F)(F)F)cc2Cl)cc1. The molecule has 1 atom stereocenters. The summed E-state index contributed by atoms with van der Waals surface area (Å²) in [5, 5.41) is 9.13. The lowest BCUT2D eigenvalue weighted by atomic mass is 10.2. The van der Waals surface area contributed by atoms with Crippen LogP contribution in [-0.2, 0) is 27.7 Å². The van der Waals surface area contributed by atoms with E-state index in [0.717, 1.165) is 0 Å². The van der Waals surface area contributed by atoms with Crippen molar-refractivity contribution in [2.45, 2.75) is 18.8 Å². The molecule has 16 heteroatoms. The molecule has 1 heterocycles. The van der Waals surface area contributed by atoms with Crippen molar-refractivity contribution in [3.8, 4) is 11.6 Å². The monoisotopic (exact) mass is 584 g/mol. The molecule has 1 aromatic carbocycles. The molecular weight excluding hydrogens is 557 g/mol. The molecule has 212 valence electrons. The third-order valence-electron chi connectivity index (χ3n) is 4.78. The zero-order valence-electron chi connectivity index (χ0n) is 20.7. The van der Waals surface area contributed by atoms with Crippen LogP contribution in [0.3, 0.4) is 0 Å². The second kappa shape index (κ2) is 13.8. The Balaban J connectivity index is 2.12. The second-order valence-corrected chi connectivity index (χ2v) is 10.2. The smallest absolute Gasteiger partial charge is 0.422 e. The minimum Gasteiger partial charge on any atom is -0.491 e. The van der Waals surface area contributed by atoms with Gasteiger partial charge in [0.15, 0.2) is 0 Å². The van der Waals surface area contributed by atoms with Crippen LogP contribution in [0, 0.1) is 0 Å². The number of ether oxygens (including phenoxy) is 3. The number of benzene rings is 1. The number of carboxylic acid groups (broad SMARTS) is 1. The van der Waals surface area contributed by atoms with Crippen molar-refractivity contribution < 1.29 is 45.7 Å². The maximum Gasteiger partial charge on any atom is 0.422 e. The summed E-state index contributed by atoms with van der Waals surface area (Å²) in [4.78, 5) is 17.0. The van der Waals surface area contributed by atoms with E-state index in [9.17, 15) is 31.5 Å². The van der Waals surface area contributed by atoms with Gasteiger partial charge in [-0.05, 0) is 37.9 Å². The Bertz CT molecular complexity index is 1170. The first-order valence-electron chi connectivity index (χ1n) is 11.0. The number of alkyl halides is 3. The number of amides is 1. The number of pyridine rings is 1. The van der Waals surface area contributed by atoms with Crippen molar-refractivity contribution in [3.63, 3.8) is 0 Å². The lowest BCUT2D eigenvalue weighted by molar-refractivity contribution is -0.137. The number of halogens is 4. The Morgan fingerprint density at radius 3 is 2.39 bits per heavy atom. The Hall–Kier alpha value is -2.85. The quantitative estimate of drug-likeness (QED) is 0.322. The van der Waals surface area contributed by atoms with E-state index in [0.29, 0.717) is 36.8 Å². The van der Waals surface area contributed by atoms with Crippen LogP contribution >= 0.6 is 11.6 Å². The highest BCUT2D eigenvalue weighted by atomic mass is 35.5. The number of hydrogen-bond donors (Lipinski definition) is 2. The minimum atomic E-state index is -4.66. The van der Waals surface area contributed by atoms with E-state index in [-0.39, 0.29) is 16.7 Å². The molecule has 2 aromatic rings. The number of likely N-dealkylation sites (N-methyl/N-ethyl adjacent to an activating group) is 1. The van der Waals surface area contributed by atoms with Crippen molar-refractivity contribution in [2.24, 2.45) is 0 Å². The van der Waals surface area contributed by atoms with E-state index in [1.807, 2.05) is 0 Å². The van der Waals surface area contributed by atoms with Gasteiger partial charge in [0.2, 0.25) is 5.88 Å². The molecule has 0 fully saturated rings. The lowest BCUT2D eigenvalue weighted by Gasteiger charge is -2.25. The molecule has 0 bridgehead atoms. The lowest BCUT2D eigenvalue weighted by Crippen LogP contribution is -2.48. The molecule has 0 spiro atoms. The first-order chi connectivity index (χ1) is 17.7. The Morgan fingerprint density at radius 2 is 1.87 bits per heavy atom. The van der Waals surface area contributed by atoms with Crippen LogP contribution in [0.4, 0.5) is 18.0 Å². The number of nitrogens with one attached hydrogen (secondary N) is 1. The van der Waals surface area contributed by atoms with Gasteiger partial charge in [0.1, 0.15) is 23.5 Å². The van der Waals surface area contributed by atoms with Gasteiger partial charge in [-0.3, -0.25) is 0 Å². The van der Waals surface area contributed by atoms with Crippen molar-refractivity contribution in [1.82, 2.24) is 18.9 Å². The molecule has 2 N–H and O–H groups in total. The van der Waals surface area contributed by atoms with Gasteiger partial charge < -0.3 is 24.2 Å². The van der Waals surface area contributed by atoms with Crippen molar-refractivity contribution in [3.05, 3.63) is 52.7 Å². The van der Waals surface area contributed by atoms with E-state index in [1.54, 1.807) is 31.1 Å². The Kier molecular flexibility index (Phi) is 11.4. The molecular formula is C22H28ClF3N4O7S. The fourth-order valence-corrected chi connectivity index (χ4v) is 4.29. The highest BCUT2D eigenvalue weighted by molar-refractivity contribution is 7.87.